The Bertz CT molecular complexity index is 414. The van der Waals surface area contributed by atoms with E-state index in [-0.39, 0.29) is 24.9 Å². The third-order valence-corrected chi connectivity index (χ3v) is 3.29. The number of amides is 1. The molecule has 1 amide bonds. The second kappa shape index (κ2) is 6.78. The molecule has 1 saturated heterocycles. The first-order chi connectivity index (χ1) is 9.64. The van der Waals surface area contributed by atoms with Crippen molar-refractivity contribution < 1.29 is 29.0 Å². The second-order valence-corrected chi connectivity index (χ2v) is 6.20. The van der Waals surface area contributed by atoms with Crippen LogP contribution in [0.5, 0.6) is 0 Å². The number of rotatable bonds is 4. The number of esters is 1. The van der Waals surface area contributed by atoms with E-state index in [1.165, 1.54) is 12.0 Å². The monoisotopic (exact) mass is 301 g/mol. The lowest BCUT2D eigenvalue weighted by Crippen LogP contribution is -2.43. The Hall–Kier alpha value is -1.79. The van der Waals surface area contributed by atoms with E-state index in [0.717, 1.165) is 0 Å². The summed E-state index contributed by atoms with van der Waals surface area (Å²) in [5.74, 6) is -1.43. The molecule has 0 aromatic carbocycles. The van der Waals surface area contributed by atoms with Gasteiger partial charge in [-0.05, 0) is 39.5 Å². The number of methoxy groups -OCH3 is 1. The minimum atomic E-state index is -1.05. The van der Waals surface area contributed by atoms with Gasteiger partial charge in [-0.2, -0.15) is 0 Å². The molecule has 1 fully saturated rings. The van der Waals surface area contributed by atoms with Gasteiger partial charge in [0.1, 0.15) is 11.6 Å². The molecule has 0 aromatic heterocycles. The van der Waals surface area contributed by atoms with Gasteiger partial charge in [-0.25, -0.2) is 9.59 Å². The minimum Gasteiger partial charge on any atom is -0.480 e. The van der Waals surface area contributed by atoms with Crippen molar-refractivity contribution in [3.05, 3.63) is 0 Å². The topological polar surface area (TPSA) is 93.1 Å². The maximum Gasteiger partial charge on any atom is 0.411 e. The predicted molar refractivity (Wildman–Crippen MR) is 73.7 cm³/mol. The molecule has 1 aliphatic heterocycles. The number of carbonyl (C=O) groups is 3. The number of carboxylic acids is 1. The molecule has 21 heavy (non-hydrogen) atoms. The molecule has 120 valence electrons. The van der Waals surface area contributed by atoms with E-state index < -0.39 is 23.7 Å². The molecule has 1 N–H and O–H groups in total. The normalized spacial score (nSPS) is 22.0. The molecule has 0 radical (unpaired) electrons. The molecule has 0 unspecified atom stereocenters. The maximum absolute atomic E-state index is 12.1. The van der Waals surface area contributed by atoms with E-state index in [0.29, 0.717) is 12.8 Å². The molecule has 2 atom stereocenters. The van der Waals surface area contributed by atoms with E-state index in [9.17, 15) is 19.5 Å². The van der Waals surface area contributed by atoms with Crippen LogP contribution < -0.4 is 0 Å². The van der Waals surface area contributed by atoms with Crippen molar-refractivity contribution in [2.24, 2.45) is 5.92 Å². The highest BCUT2D eigenvalue weighted by Crippen LogP contribution is 2.28. The molecule has 7 nitrogen and oxygen atoms in total. The van der Waals surface area contributed by atoms with Crippen LogP contribution in [-0.2, 0) is 19.1 Å². The van der Waals surface area contributed by atoms with Gasteiger partial charge in [-0.15, -0.1) is 0 Å². The summed E-state index contributed by atoms with van der Waals surface area (Å²) in [7, 11) is 1.31. The van der Waals surface area contributed by atoms with Crippen LogP contribution in [0.1, 0.15) is 40.0 Å². The predicted octanol–water partition coefficient (Wildman–Crippen LogP) is 1.65. The lowest BCUT2D eigenvalue weighted by Gasteiger charge is -2.26. The standard InChI is InChI=1S/C14H23NO6/c1-14(2,3)21-13(19)15-8-9(5-6-11(16)20-4)7-10(15)12(17)18/h9-10H,5-8H2,1-4H3,(H,17,18)/t9-,10-/m1/s1. The Morgan fingerprint density at radius 2 is 1.90 bits per heavy atom. The van der Waals surface area contributed by atoms with Gasteiger partial charge < -0.3 is 14.6 Å². The number of aliphatic carboxylic acids is 1. The molecule has 0 spiro atoms. The van der Waals surface area contributed by atoms with Crippen molar-refractivity contribution in [2.75, 3.05) is 13.7 Å². The van der Waals surface area contributed by atoms with Crippen molar-refractivity contribution >= 4 is 18.0 Å². The van der Waals surface area contributed by atoms with Gasteiger partial charge in [0.15, 0.2) is 0 Å². The van der Waals surface area contributed by atoms with Crippen molar-refractivity contribution in [2.45, 2.75) is 51.7 Å². The molecule has 1 rings (SSSR count). The highest BCUT2D eigenvalue weighted by molar-refractivity contribution is 5.81. The molecular weight excluding hydrogens is 278 g/mol. The minimum absolute atomic E-state index is 0.0438. The summed E-state index contributed by atoms with van der Waals surface area (Å²) in [5.41, 5.74) is -0.676. The van der Waals surface area contributed by atoms with Gasteiger partial charge in [0.25, 0.3) is 0 Å². The smallest absolute Gasteiger partial charge is 0.411 e. The number of likely N-dealkylation sites (tertiary alicyclic amines) is 1. The van der Waals surface area contributed by atoms with Crippen LogP contribution in [0, 0.1) is 5.92 Å². The highest BCUT2D eigenvalue weighted by Gasteiger charge is 2.41. The first-order valence-corrected chi connectivity index (χ1v) is 6.93. The molecule has 0 aromatic rings. The Balaban J connectivity index is 2.67. The van der Waals surface area contributed by atoms with Crippen molar-refractivity contribution in [3.63, 3.8) is 0 Å². The third kappa shape index (κ3) is 5.24. The van der Waals surface area contributed by atoms with Gasteiger partial charge in [-0.3, -0.25) is 9.69 Å². The maximum atomic E-state index is 12.1. The van der Waals surface area contributed by atoms with Crippen LogP contribution >= 0.6 is 0 Å². The SMILES string of the molecule is COC(=O)CC[C@@H]1C[C@H](C(=O)O)N(C(=O)OC(C)(C)C)C1. The van der Waals surface area contributed by atoms with Crippen LogP contribution in [0.3, 0.4) is 0 Å². The van der Waals surface area contributed by atoms with Gasteiger partial charge in [0.05, 0.1) is 7.11 Å². The first kappa shape index (κ1) is 17.3. The summed E-state index contributed by atoms with van der Waals surface area (Å²) in [6.07, 6.45) is 0.409. The van der Waals surface area contributed by atoms with Crippen LogP contribution in [0.15, 0.2) is 0 Å². The fraction of sp³-hybridized carbons (Fsp3) is 0.786. The van der Waals surface area contributed by atoms with E-state index >= 15 is 0 Å². The first-order valence-electron chi connectivity index (χ1n) is 6.93. The van der Waals surface area contributed by atoms with Crippen LogP contribution in [0.25, 0.3) is 0 Å². The summed E-state index contributed by atoms with van der Waals surface area (Å²) in [6, 6.07) is -0.900. The van der Waals surface area contributed by atoms with Crippen molar-refractivity contribution in [3.8, 4) is 0 Å². The summed E-state index contributed by atoms with van der Waals surface area (Å²) in [5, 5.41) is 9.23. The van der Waals surface area contributed by atoms with Crippen molar-refractivity contribution in [1.82, 2.24) is 4.90 Å². The number of nitrogens with zero attached hydrogens (tertiary/aromatic N) is 1. The molecule has 0 bridgehead atoms. The van der Waals surface area contributed by atoms with Crippen LogP contribution in [-0.4, -0.2) is 53.3 Å². The molecule has 0 saturated carbocycles. The molecule has 7 heteroatoms. The van der Waals surface area contributed by atoms with E-state index in [1.54, 1.807) is 20.8 Å². The third-order valence-electron chi connectivity index (χ3n) is 3.29. The lowest BCUT2D eigenvalue weighted by atomic mass is 10.00. The van der Waals surface area contributed by atoms with Gasteiger partial charge in [0.2, 0.25) is 0 Å². The molecular formula is C14H23NO6. The quantitative estimate of drug-likeness (QED) is 0.794. The fourth-order valence-electron chi connectivity index (χ4n) is 2.31. The average Bonchev–Trinajstić information content (AvgIpc) is 2.78. The lowest BCUT2D eigenvalue weighted by molar-refractivity contribution is -0.142. The molecule has 1 heterocycles. The summed E-state index contributed by atoms with van der Waals surface area (Å²) in [4.78, 5) is 35.7. The fourth-order valence-corrected chi connectivity index (χ4v) is 2.31. The molecule has 0 aliphatic carbocycles. The number of ether oxygens (including phenoxy) is 2. The number of carboxylic acid groups (broad SMARTS) is 1. The van der Waals surface area contributed by atoms with Gasteiger partial charge in [-0.1, -0.05) is 0 Å². The number of carbonyl (C=O) groups excluding carboxylic acids is 2. The van der Waals surface area contributed by atoms with Crippen LogP contribution in [0.2, 0.25) is 0 Å². The zero-order chi connectivity index (χ0) is 16.2. The second-order valence-electron chi connectivity index (χ2n) is 6.20. The summed E-state index contributed by atoms with van der Waals surface area (Å²) in [6.45, 7) is 5.46. The van der Waals surface area contributed by atoms with E-state index in [2.05, 4.69) is 4.74 Å². The zero-order valence-corrected chi connectivity index (χ0v) is 12.9. The Kier molecular flexibility index (Phi) is 5.57. The Morgan fingerprint density at radius 1 is 1.29 bits per heavy atom. The van der Waals surface area contributed by atoms with E-state index in [4.69, 9.17) is 4.74 Å². The number of hydrogen-bond acceptors (Lipinski definition) is 5. The van der Waals surface area contributed by atoms with Crippen LogP contribution in [0.4, 0.5) is 4.79 Å². The van der Waals surface area contributed by atoms with E-state index in [1.807, 2.05) is 0 Å². The molecule has 1 aliphatic rings. The summed E-state index contributed by atoms with van der Waals surface area (Å²) < 4.78 is 9.79. The highest BCUT2D eigenvalue weighted by atomic mass is 16.6. The zero-order valence-electron chi connectivity index (χ0n) is 12.9. The van der Waals surface area contributed by atoms with Gasteiger partial charge >= 0.3 is 18.0 Å². The Morgan fingerprint density at radius 3 is 2.38 bits per heavy atom. The largest absolute Gasteiger partial charge is 0.480 e. The van der Waals surface area contributed by atoms with Crippen molar-refractivity contribution in [1.29, 1.82) is 0 Å². The summed E-state index contributed by atoms with van der Waals surface area (Å²) >= 11 is 0. The Labute approximate surface area is 124 Å². The van der Waals surface area contributed by atoms with Gasteiger partial charge in [0, 0.05) is 13.0 Å². The number of hydrogen-bond donors (Lipinski definition) is 1. The average molecular weight is 301 g/mol.